The maximum Gasteiger partial charge on any atom is 0.416 e. The first-order valence-electron chi connectivity index (χ1n) is 12.3. The highest BCUT2D eigenvalue weighted by atomic mass is 32.2. The van der Waals surface area contributed by atoms with Crippen LogP contribution in [0.5, 0.6) is 0 Å². The van der Waals surface area contributed by atoms with Crippen LogP contribution in [0, 0.1) is 6.92 Å². The van der Waals surface area contributed by atoms with Crippen molar-refractivity contribution >= 4 is 21.8 Å². The Morgan fingerprint density at radius 3 is 2.15 bits per heavy atom. The van der Waals surface area contributed by atoms with Gasteiger partial charge in [-0.3, -0.25) is 9.59 Å². The van der Waals surface area contributed by atoms with E-state index in [1.807, 2.05) is 6.92 Å². The van der Waals surface area contributed by atoms with Gasteiger partial charge in [-0.15, -0.1) is 0 Å². The van der Waals surface area contributed by atoms with Gasteiger partial charge in [-0.25, -0.2) is 13.6 Å². The molecule has 0 spiro atoms. The number of amides is 2. The van der Waals surface area contributed by atoms with Crippen LogP contribution in [0.25, 0.3) is 11.1 Å². The van der Waals surface area contributed by atoms with Crippen molar-refractivity contribution in [3.8, 4) is 11.1 Å². The fourth-order valence-electron chi connectivity index (χ4n) is 4.56. The molecule has 0 aliphatic carbocycles. The van der Waals surface area contributed by atoms with E-state index in [0.717, 1.165) is 17.7 Å². The number of carbonyl (C=O) groups excluding carboxylic acids is 2. The maximum atomic E-state index is 12.8. The molecule has 206 valence electrons. The van der Waals surface area contributed by atoms with Crippen molar-refractivity contribution in [2.75, 3.05) is 13.1 Å². The highest BCUT2D eigenvalue weighted by Crippen LogP contribution is 2.30. The van der Waals surface area contributed by atoms with Gasteiger partial charge in [0.15, 0.2) is 0 Å². The van der Waals surface area contributed by atoms with E-state index in [1.54, 1.807) is 41.3 Å². The molecule has 1 fully saturated rings. The van der Waals surface area contributed by atoms with Gasteiger partial charge in [-0.1, -0.05) is 42.0 Å². The molecule has 0 radical (unpaired) electrons. The SMILES string of the molecule is Cc1ccc(S(N)(=O)=O)c(-c2ccc(C(=O)NC3CCN(C(=O)Cc4ccc(C(F)(F)F)cc4)CC3)cc2)c1. The normalized spacial score (nSPS) is 14.7. The van der Waals surface area contributed by atoms with Crippen molar-refractivity contribution in [1.29, 1.82) is 0 Å². The molecule has 11 heteroatoms. The quantitative estimate of drug-likeness (QED) is 0.470. The predicted molar refractivity (Wildman–Crippen MR) is 140 cm³/mol. The summed E-state index contributed by atoms with van der Waals surface area (Å²) >= 11 is 0. The van der Waals surface area contributed by atoms with Crippen LogP contribution in [-0.4, -0.2) is 44.3 Å². The average Bonchev–Trinajstić information content (AvgIpc) is 2.88. The minimum Gasteiger partial charge on any atom is -0.349 e. The highest BCUT2D eigenvalue weighted by Gasteiger charge is 2.30. The van der Waals surface area contributed by atoms with Crippen LogP contribution in [0.4, 0.5) is 13.2 Å². The van der Waals surface area contributed by atoms with Gasteiger partial charge in [0, 0.05) is 30.3 Å². The maximum absolute atomic E-state index is 12.8. The number of nitrogens with two attached hydrogens (primary N) is 1. The first-order valence-corrected chi connectivity index (χ1v) is 13.8. The number of likely N-dealkylation sites (tertiary alicyclic amines) is 1. The Morgan fingerprint density at radius 1 is 0.974 bits per heavy atom. The summed E-state index contributed by atoms with van der Waals surface area (Å²) in [6.07, 6.45) is -3.32. The van der Waals surface area contributed by atoms with E-state index >= 15 is 0 Å². The second-order valence-electron chi connectivity index (χ2n) is 9.62. The van der Waals surface area contributed by atoms with Crippen molar-refractivity contribution in [1.82, 2.24) is 10.2 Å². The fourth-order valence-corrected chi connectivity index (χ4v) is 5.30. The molecule has 0 atom stereocenters. The lowest BCUT2D eigenvalue weighted by molar-refractivity contribution is -0.137. The molecule has 0 bridgehead atoms. The van der Waals surface area contributed by atoms with E-state index in [4.69, 9.17) is 5.14 Å². The van der Waals surface area contributed by atoms with E-state index in [-0.39, 0.29) is 29.2 Å². The molecule has 3 aromatic carbocycles. The Bertz CT molecular complexity index is 1460. The number of piperidine rings is 1. The predicted octanol–water partition coefficient (Wildman–Crippen LogP) is 4.29. The topological polar surface area (TPSA) is 110 Å². The van der Waals surface area contributed by atoms with E-state index in [9.17, 15) is 31.2 Å². The molecule has 0 aromatic heterocycles. The second kappa shape index (κ2) is 11.2. The number of alkyl halides is 3. The fraction of sp³-hybridized carbons (Fsp3) is 0.286. The number of nitrogens with zero attached hydrogens (tertiary/aromatic N) is 1. The van der Waals surface area contributed by atoms with Gasteiger partial charge in [0.25, 0.3) is 5.91 Å². The van der Waals surface area contributed by atoms with E-state index < -0.39 is 21.8 Å². The summed E-state index contributed by atoms with van der Waals surface area (Å²) in [4.78, 5) is 27.1. The third-order valence-electron chi connectivity index (χ3n) is 6.72. The van der Waals surface area contributed by atoms with Gasteiger partial charge in [0.1, 0.15) is 0 Å². The Morgan fingerprint density at radius 2 is 1.59 bits per heavy atom. The number of benzene rings is 3. The molecule has 0 unspecified atom stereocenters. The lowest BCUT2D eigenvalue weighted by atomic mass is 10.0. The largest absolute Gasteiger partial charge is 0.416 e. The van der Waals surface area contributed by atoms with Crippen molar-refractivity contribution in [3.63, 3.8) is 0 Å². The van der Waals surface area contributed by atoms with Gasteiger partial charge >= 0.3 is 6.18 Å². The summed E-state index contributed by atoms with van der Waals surface area (Å²) < 4.78 is 62.2. The average molecular weight is 560 g/mol. The Balaban J connectivity index is 1.32. The Kier molecular flexibility index (Phi) is 8.12. The van der Waals surface area contributed by atoms with Gasteiger partial charge in [-0.2, -0.15) is 13.2 Å². The van der Waals surface area contributed by atoms with Crippen LogP contribution in [0.3, 0.4) is 0 Å². The zero-order chi connectivity index (χ0) is 28.4. The summed E-state index contributed by atoms with van der Waals surface area (Å²) in [6, 6.07) is 15.8. The lowest BCUT2D eigenvalue weighted by Gasteiger charge is -2.32. The van der Waals surface area contributed by atoms with Crippen LogP contribution < -0.4 is 10.5 Å². The molecule has 3 N–H and O–H groups in total. The van der Waals surface area contributed by atoms with Gasteiger partial charge in [0.05, 0.1) is 16.9 Å². The van der Waals surface area contributed by atoms with Crippen LogP contribution >= 0.6 is 0 Å². The van der Waals surface area contributed by atoms with E-state index in [2.05, 4.69) is 5.32 Å². The molecule has 39 heavy (non-hydrogen) atoms. The number of hydrogen-bond acceptors (Lipinski definition) is 4. The number of hydrogen-bond donors (Lipinski definition) is 2. The third kappa shape index (κ3) is 7.04. The first-order chi connectivity index (χ1) is 18.3. The van der Waals surface area contributed by atoms with Crippen molar-refractivity contribution in [3.05, 3.63) is 89.0 Å². The molecular weight excluding hydrogens is 531 g/mol. The van der Waals surface area contributed by atoms with Gasteiger partial charge in [-0.05, 0) is 61.2 Å². The zero-order valence-electron chi connectivity index (χ0n) is 21.2. The monoisotopic (exact) mass is 559 g/mol. The van der Waals surface area contributed by atoms with Crippen LogP contribution in [-0.2, 0) is 27.4 Å². The standard InChI is InChI=1S/C28H28F3N3O4S/c1-18-2-11-25(39(32,37)38)24(16-18)20-5-7-21(8-6-20)27(36)33-23-12-14-34(15-13-23)26(35)17-19-3-9-22(10-4-19)28(29,30)31/h2-11,16,23H,12-15,17H2,1H3,(H,33,36)(H2,32,37,38). The van der Waals surface area contributed by atoms with Crippen LogP contribution in [0.1, 0.15) is 39.9 Å². The molecule has 1 heterocycles. The minimum absolute atomic E-state index is 0.00457. The molecule has 1 aliphatic heterocycles. The minimum atomic E-state index is -4.42. The third-order valence-corrected chi connectivity index (χ3v) is 7.69. The number of sulfonamides is 1. The second-order valence-corrected chi connectivity index (χ2v) is 11.2. The Labute approximate surface area is 224 Å². The van der Waals surface area contributed by atoms with E-state index in [1.165, 1.54) is 18.2 Å². The first kappa shape index (κ1) is 28.3. The Hall–Kier alpha value is -3.70. The number of halogens is 3. The van der Waals surface area contributed by atoms with Crippen molar-refractivity contribution in [2.24, 2.45) is 5.14 Å². The summed E-state index contributed by atoms with van der Waals surface area (Å²) in [5.41, 5.74) is 2.09. The highest BCUT2D eigenvalue weighted by molar-refractivity contribution is 7.89. The summed E-state index contributed by atoms with van der Waals surface area (Å²) in [5, 5.41) is 8.33. The zero-order valence-corrected chi connectivity index (χ0v) is 22.0. The van der Waals surface area contributed by atoms with Crippen LogP contribution in [0.2, 0.25) is 0 Å². The number of primary sulfonamides is 1. The molecule has 4 rings (SSSR count). The summed E-state index contributed by atoms with van der Waals surface area (Å²) in [6.45, 7) is 2.69. The van der Waals surface area contributed by atoms with Crippen molar-refractivity contribution in [2.45, 2.75) is 43.3 Å². The van der Waals surface area contributed by atoms with E-state index in [0.29, 0.717) is 48.2 Å². The summed E-state index contributed by atoms with van der Waals surface area (Å²) in [7, 11) is -3.93. The summed E-state index contributed by atoms with van der Waals surface area (Å²) in [5.74, 6) is -0.461. The molecule has 1 aliphatic rings. The molecule has 7 nitrogen and oxygen atoms in total. The van der Waals surface area contributed by atoms with Crippen molar-refractivity contribution < 1.29 is 31.2 Å². The lowest BCUT2D eigenvalue weighted by Crippen LogP contribution is -2.47. The van der Waals surface area contributed by atoms with Gasteiger partial charge < -0.3 is 10.2 Å². The van der Waals surface area contributed by atoms with Gasteiger partial charge in [0.2, 0.25) is 15.9 Å². The number of aryl methyl sites for hydroxylation is 1. The smallest absolute Gasteiger partial charge is 0.349 e. The number of nitrogens with one attached hydrogen (secondary N) is 1. The molecule has 3 aromatic rings. The number of rotatable bonds is 6. The van der Waals surface area contributed by atoms with Crippen LogP contribution in [0.15, 0.2) is 71.6 Å². The number of carbonyl (C=O) groups is 2. The molecule has 0 saturated carbocycles. The molecular formula is C28H28F3N3O4S. The molecule has 2 amide bonds. The molecule has 1 saturated heterocycles.